The number of ether oxygens (including phenoxy) is 2. The third kappa shape index (κ3) is 7.03. The molecule has 2 aromatic carbocycles. The molecule has 0 amide bonds. The van der Waals surface area contributed by atoms with E-state index in [4.69, 9.17) is 4.74 Å². The summed E-state index contributed by atoms with van der Waals surface area (Å²) >= 11 is 0. The van der Waals surface area contributed by atoms with Gasteiger partial charge in [-0.15, -0.1) is 13.2 Å². The molecule has 3 rings (SSSR count). The van der Waals surface area contributed by atoms with Gasteiger partial charge in [0.05, 0.1) is 9.52 Å². The Labute approximate surface area is 187 Å². The normalized spacial score (nSPS) is 20.6. The van der Waals surface area contributed by atoms with Crippen LogP contribution in [0.2, 0.25) is 5.54 Å². The molecule has 0 aromatic heterocycles. The molecule has 1 fully saturated rings. The van der Waals surface area contributed by atoms with E-state index in [1.807, 2.05) is 12.1 Å². The summed E-state index contributed by atoms with van der Waals surface area (Å²) in [7, 11) is 1.58. The van der Waals surface area contributed by atoms with Crippen molar-refractivity contribution >= 4 is 9.52 Å². The van der Waals surface area contributed by atoms with E-state index in [1.165, 1.54) is 31.2 Å². The van der Waals surface area contributed by atoms with Crippen LogP contribution < -0.4 is 4.74 Å². The largest absolute Gasteiger partial charge is 0.573 e. The zero-order chi connectivity index (χ0) is 23.3. The lowest BCUT2D eigenvalue weighted by Gasteiger charge is -2.30. The highest BCUT2D eigenvalue weighted by Gasteiger charge is 2.34. The minimum atomic E-state index is -5.14. The molecule has 0 heterocycles. The maximum absolute atomic E-state index is 13.9. The van der Waals surface area contributed by atoms with Crippen molar-refractivity contribution in [1.29, 1.82) is 0 Å². The summed E-state index contributed by atoms with van der Waals surface area (Å²) in [4.78, 5) is 0. The Bertz CT molecular complexity index is 854. The van der Waals surface area contributed by atoms with Crippen LogP contribution in [0.3, 0.4) is 0 Å². The Kier molecular flexibility index (Phi) is 8.33. The summed E-state index contributed by atoms with van der Waals surface area (Å²) in [6, 6.07) is 10.1. The predicted octanol–water partition coefficient (Wildman–Crippen LogP) is 6.26. The second-order valence-electron chi connectivity index (χ2n) is 8.68. The first-order chi connectivity index (χ1) is 15.1. The Hall–Kier alpha value is -1.93. The van der Waals surface area contributed by atoms with Gasteiger partial charge >= 0.3 is 6.36 Å². The molecular weight excluding hydrogens is 443 g/mol. The molecule has 32 heavy (non-hydrogen) atoms. The maximum atomic E-state index is 13.9. The maximum Gasteiger partial charge on any atom is 0.573 e. The number of hydrogen-bond acceptors (Lipinski definition) is 2. The van der Waals surface area contributed by atoms with Gasteiger partial charge in [0.15, 0.2) is 11.6 Å². The second-order valence-corrected chi connectivity index (χ2v) is 11.5. The van der Waals surface area contributed by atoms with Crippen molar-refractivity contribution in [3.8, 4) is 5.75 Å². The summed E-state index contributed by atoms with van der Waals surface area (Å²) < 4.78 is 73.4. The zero-order valence-corrected chi connectivity index (χ0v) is 19.8. The predicted molar refractivity (Wildman–Crippen MR) is 117 cm³/mol. The Morgan fingerprint density at radius 3 is 2.03 bits per heavy atom. The number of hydrogen-bond donors (Lipinski definition) is 0. The van der Waals surface area contributed by atoms with Gasteiger partial charge in [0.25, 0.3) is 0 Å². The molecule has 0 spiro atoms. The number of alkyl halides is 3. The molecule has 176 valence electrons. The van der Waals surface area contributed by atoms with Crippen LogP contribution in [0.5, 0.6) is 5.75 Å². The van der Waals surface area contributed by atoms with Gasteiger partial charge in [-0.2, -0.15) is 0 Å². The summed E-state index contributed by atoms with van der Waals surface area (Å²) in [5.74, 6) is -3.56. The topological polar surface area (TPSA) is 18.5 Å². The van der Waals surface area contributed by atoms with Crippen molar-refractivity contribution < 1.29 is 31.4 Å². The van der Waals surface area contributed by atoms with E-state index in [-0.39, 0.29) is 15.1 Å². The standard InChI is InChI=1S/C24H29F5O2Si/c1-15(30-2)32-20-11-9-19(10-12-20)18-7-5-16(6-8-18)3-4-17-13-21(25)23(22(26)14-17)31-24(27,28)29/h5-8,13-15,19-20H,3-4,9-12,32H2,1-2H3. The third-order valence-electron chi connectivity index (χ3n) is 6.34. The molecule has 2 aromatic rings. The quantitative estimate of drug-likeness (QED) is 0.334. The van der Waals surface area contributed by atoms with E-state index >= 15 is 0 Å². The fraction of sp³-hybridized carbons (Fsp3) is 0.500. The summed E-state index contributed by atoms with van der Waals surface area (Å²) in [6.45, 7) is 2.17. The Morgan fingerprint density at radius 2 is 1.50 bits per heavy atom. The van der Waals surface area contributed by atoms with Crippen LogP contribution in [0.4, 0.5) is 22.0 Å². The highest BCUT2D eigenvalue weighted by molar-refractivity contribution is 6.39. The van der Waals surface area contributed by atoms with Crippen LogP contribution >= 0.6 is 0 Å². The first-order valence-corrected chi connectivity index (χ1v) is 12.6. The lowest BCUT2D eigenvalue weighted by molar-refractivity contribution is -0.276. The van der Waals surface area contributed by atoms with Crippen molar-refractivity contribution in [3.05, 3.63) is 64.7 Å². The molecule has 1 aliphatic carbocycles. The van der Waals surface area contributed by atoms with Gasteiger partial charge < -0.3 is 9.47 Å². The molecule has 1 aliphatic rings. The van der Waals surface area contributed by atoms with Gasteiger partial charge in [0, 0.05) is 12.8 Å². The molecule has 1 atom stereocenters. The minimum Gasteiger partial charge on any atom is -0.399 e. The summed E-state index contributed by atoms with van der Waals surface area (Å²) in [5.41, 5.74) is 3.91. The third-order valence-corrected chi connectivity index (χ3v) is 8.82. The number of halogens is 5. The van der Waals surface area contributed by atoms with E-state index in [1.54, 1.807) is 7.11 Å². The Balaban J connectivity index is 1.53. The minimum absolute atomic E-state index is 0.208. The van der Waals surface area contributed by atoms with Gasteiger partial charge in [-0.05, 0) is 72.9 Å². The number of benzene rings is 2. The molecular formula is C24H29F5O2Si. The van der Waals surface area contributed by atoms with E-state index in [0.29, 0.717) is 24.5 Å². The highest BCUT2D eigenvalue weighted by Crippen LogP contribution is 2.38. The second kappa shape index (κ2) is 10.8. The van der Waals surface area contributed by atoms with Crippen molar-refractivity contribution in [1.82, 2.24) is 0 Å². The molecule has 0 radical (unpaired) electrons. The van der Waals surface area contributed by atoms with Crippen LogP contribution in [0, 0.1) is 11.6 Å². The molecule has 0 saturated heterocycles. The van der Waals surface area contributed by atoms with Crippen molar-refractivity contribution in [3.63, 3.8) is 0 Å². The van der Waals surface area contributed by atoms with Crippen molar-refractivity contribution in [2.75, 3.05) is 7.11 Å². The van der Waals surface area contributed by atoms with Crippen LogP contribution in [0.25, 0.3) is 0 Å². The molecule has 2 nitrogen and oxygen atoms in total. The fourth-order valence-electron chi connectivity index (χ4n) is 4.51. The van der Waals surface area contributed by atoms with Gasteiger partial charge in [-0.3, -0.25) is 0 Å². The fourth-order valence-corrected chi connectivity index (χ4v) is 6.59. The number of methoxy groups -OCH3 is 1. The van der Waals surface area contributed by atoms with Crippen LogP contribution in [-0.4, -0.2) is 28.7 Å². The Morgan fingerprint density at radius 1 is 0.938 bits per heavy atom. The van der Waals surface area contributed by atoms with E-state index in [0.717, 1.165) is 23.2 Å². The lowest BCUT2D eigenvalue weighted by atomic mass is 9.83. The first kappa shape index (κ1) is 24.7. The molecule has 1 unspecified atom stereocenters. The first-order valence-electron chi connectivity index (χ1n) is 11.0. The van der Waals surface area contributed by atoms with Gasteiger partial charge in [-0.1, -0.05) is 37.1 Å². The van der Waals surface area contributed by atoms with Crippen LogP contribution in [0.15, 0.2) is 36.4 Å². The molecule has 8 heteroatoms. The molecule has 0 bridgehead atoms. The number of rotatable bonds is 8. The molecule has 1 saturated carbocycles. The van der Waals surface area contributed by atoms with E-state index in [9.17, 15) is 22.0 Å². The summed E-state index contributed by atoms with van der Waals surface area (Å²) in [5, 5.41) is 0. The molecule has 0 N–H and O–H groups in total. The summed E-state index contributed by atoms with van der Waals surface area (Å²) in [6.07, 6.45) is 0.610. The average molecular weight is 473 g/mol. The highest BCUT2D eigenvalue weighted by atomic mass is 28.2. The van der Waals surface area contributed by atoms with E-state index in [2.05, 4.69) is 23.8 Å². The monoisotopic (exact) mass is 472 g/mol. The van der Waals surface area contributed by atoms with Crippen molar-refractivity contribution in [2.24, 2.45) is 0 Å². The lowest BCUT2D eigenvalue weighted by Crippen LogP contribution is -2.23. The van der Waals surface area contributed by atoms with Crippen LogP contribution in [0.1, 0.15) is 55.2 Å². The average Bonchev–Trinajstić information content (AvgIpc) is 2.75. The SMILES string of the molecule is COC(C)[SiH2]C1CCC(c2ccc(CCc3cc(F)c(OC(F)(F)F)c(F)c3)cc2)CC1. The molecule has 0 aliphatic heterocycles. The van der Waals surface area contributed by atoms with Gasteiger partial charge in [-0.25, -0.2) is 8.78 Å². The van der Waals surface area contributed by atoms with Gasteiger partial charge in [0.2, 0.25) is 5.75 Å². The van der Waals surface area contributed by atoms with Crippen molar-refractivity contribution in [2.45, 2.75) is 69.0 Å². The van der Waals surface area contributed by atoms with Gasteiger partial charge in [0.1, 0.15) is 0 Å². The zero-order valence-electron chi connectivity index (χ0n) is 18.4. The smallest absolute Gasteiger partial charge is 0.399 e. The number of aryl methyl sites for hydroxylation is 2. The van der Waals surface area contributed by atoms with E-state index < -0.39 is 23.7 Å². The van der Waals surface area contributed by atoms with Crippen LogP contribution in [-0.2, 0) is 17.6 Å².